The number of benzene rings is 1. The van der Waals surface area contributed by atoms with Gasteiger partial charge in [-0.05, 0) is 18.1 Å². The zero-order valence-corrected chi connectivity index (χ0v) is 7.11. The summed E-state index contributed by atoms with van der Waals surface area (Å²) >= 11 is 0. The molecule has 0 N–H and O–H groups in total. The Hall–Kier alpha value is -1.51. The van der Waals surface area contributed by atoms with E-state index in [1.165, 1.54) is 5.56 Å². The van der Waals surface area contributed by atoms with E-state index in [2.05, 4.69) is 24.2 Å². The lowest BCUT2D eigenvalue weighted by molar-refractivity contribution is 0.145. The Labute approximate surface area is 70.6 Å². The standard InChI is InChI=1S/C9H10N2O/c1-7-4-3-5-8(6-7)9-10-12-11(9)2/h3-6H,1-2H3. The Balaban J connectivity index is 2.45. The van der Waals surface area contributed by atoms with Crippen LogP contribution in [0.4, 0.5) is 0 Å². The van der Waals surface area contributed by atoms with E-state index in [1.54, 1.807) is 4.74 Å². The predicted octanol–water partition coefficient (Wildman–Crippen LogP) is 1.99. The minimum atomic E-state index is 0.888. The van der Waals surface area contributed by atoms with Gasteiger partial charge in [0.15, 0.2) is 0 Å². The highest BCUT2D eigenvalue weighted by molar-refractivity contribution is 5.55. The molecule has 0 fully saturated rings. The molecule has 0 atom stereocenters. The zero-order valence-electron chi connectivity index (χ0n) is 7.11. The van der Waals surface area contributed by atoms with Crippen molar-refractivity contribution >= 4 is 0 Å². The van der Waals surface area contributed by atoms with Crippen molar-refractivity contribution in [2.24, 2.45) is 7.05 Å². The van der Waals surface area contributed by atoms with Crippen LogP contribution in [0.2, 0.25) is 0 Å². The molecule has 1 heterocycles. The van der Waals surface area contributed by atoms with Crippen LogP contribution in [0.1, 0.15) is 5.56 Å². The van der Waals surface area contributed by atoms with Gasteiger partial charge in [-0.25, -0.2) is 0 Å². The predicted molar refractivity (Wildman–Crippen MR) is 45.6 cm³/mol. The molecule has 3 heteroatoms. The van der Waals surface area contributed by atoms with Crippen LogP contribution >= 0.6 is 0 Å². The number of nitrogens with zero attached hydrogens (tertiary/aromatic N) is 2. The first kappa shape index (κ1) is 7.16. The summed E-state index contributed by atoms with van der Waals surface area (Å²) < 4.78 is 6.41. The summed E-state index contributed by atoms with van der Waals surface area (Å²) in [6, 6.07) is 8.17. The van der Waals surface area contributed by atoms with Gasteiger partial charge in [0.2, 0.25) is 5.82 Å². The second-order valence-electron chi connectivity index (χ2n) is 2.86. The number of hydrogen-bond acceptors (Lipinski definition) is 2. The molecular weight excluding hydrogens is 152 g/mol. The van der Waals surface area contributed by atoms with Gasteiger partial charge in [0.05, 0.1) is 0 Å². The second-order valence-corrected chi connectivity index (χ2v) is 2.86. The Kier molecular flexibility index (Phi) is 1.50. The largest absolute Gasteiger partial charge is 0.264 e. The van der Waals surface area contributed by atoms with Crippen LogP contribution in [0.3, 0.4) is 0 Å². The highest BCUT2D eigenvalue weighted by Crippen LogP contribution is 2.18. The Morgan fingerprint density at radius 1 is 1.42 bits per heavy atom. The van der Waals surface area contributed by atoms with Gasteiger partial charge in [-0.3, -0.25) is 4.63 Å². The van der Waals surface area contributed by atoms with Crippen molar-refractivity contribution in [1.29, 1.82) is 0 Å². The van der Waals surface area contributed by atoms with E-state index in [0.717, 1.165) is 11.4 Å². The van der Waals surface area contributed by atoms with E-state index in [4.69, 9.17) is 4.63 Å². The van der Waals surface area contributed by atoms with E-state index in [9.17, 15) is 0 Å². The fourth-order valence-electron chi connectivity index (χ4n) is 1.18. The van der Waals surface area contributed by atoms with Gasteiger partial charge in [0.25, 0.3) is 0 Å². The van der Waals surface area contributed by atoms with Gasteiger partial charge in [0.1, 0.15) is 0 Å². The molecule has 0 radical (unpaired) electrons. The fraction of sp³-hybridized carbons (Fsp3) is 0.222. The summed E-state index contributed by atoms with van der Waals surface area (Å²) in [5.74, 6) is 0.888. The van der Waals surface area contributed by atoms with Crippen molar-refractivity contribution in [3.05, 3.63) is 29.8 Å². The van der Waals surface area contributed by atoms with Crippen LogP contribution < -0.4 is 0 Å². The van der Waals surface area contributed by atoms with Gasteiger partial charge in [-0.15, -0.1) is 0 Å². The summed E-state index contributed by atoms with van der Waals surface area (Å²) in [4.78, 5) is 0. The maximum absolute atomic E-state index is 4.76. The van der Waals surface area contributed by atoms with E-state index >= 15 is 0 Å². The molecule has 0 saturated carbocycles. The molecule has 1 aromatic heterocycles. The van der Waals surface area contributed by atoms with Gasteiger partial charge in [-0.2, -0.15) is 4.74 Å². The van der Waals surface area contributed by atoms with Crippen molar-refractivity contribution in [1.82, 2.24) is 9.90 Å². The first-order valence-corrected chi connectivity index (χ1v) is 3.83. The lowest BCUT2D eigenvalue weighted by atomic mass is 10.1. The third kappa shape index (κ3) is 1.03. The Bertz CT molecular complexity index is 387. The van der Waals surface area contributed by atoms with Crippen molar-refractivity contribution < 1.29 is 4.63 Å². The van der Waals surface area contributed by atoms with Gasteiger partial charge in [0, 0.05) is 12.6 Å². The maximum Gasteiger partial charge on any atom is 0.214 e. The summed E-state index contributed by atoms with van der Waals surface area (Å²) in [5, 5.41) is 3.80. The average Bonchev–Trinajstić information content (AvgIpc) is 2.02. The first-order valence-electron chi connectivity index (χ1n) is 3.83. The SMILES string of the molecule is Cc1cccc(-c2non2C)c1. The number of rotatable bonds is 1. The Morgan fingerprint density at radius 3 is 2.75 bits per heavy atom. The molecule has 0 amide bonds. The first-order chi connectivity index (χ1) is 5.77. The molecule has 12 heavy (non-hydrogen) atoms. The highest BCUT2D eigenvalue weighted by Gasteiger charge is 2.07. The molecule has 0 aliphatic carbocycles. The molecule has 0 aliphatic rings. The molecule has 0 saturated heterocycles. The van der Waals surface area contributed by atoms with Crippen LogP contribution in [-0.2, 0) is 7.05 Å². The highest BCUT2D eigenvalue weighted by atomic mass is 16.6. The van der Waals surface area contributed by atoms with E-state index in [0.29, 0.717) is 0 Å². The van der Waals surface area contributed by atoms with Crippen LogP contribution in [0.5, 0.6) is 0 Å². The normalized spacial score (nSPS) is 10.5. The van der Waals surface area contributed by atoms with Gasteiger partial charge >= 0.3 is 0 Å². The summed E-state index contributed by atoms with van der Waals surface area (Å²) in [7, 11) is 1.84. The molecule has 0 spiro atoms. The summed E-state index contributed by atoms with van der Waals surface area (Å²) in [6.07, 6.45) is 0. The number of aromatic nitrogens is 2. The van der Waals surface area contributed by atoms with Crippen molar-refractivity contribution in [2.45, 2.75) is 6.92 Å². The molecule has 62 valence electrons. The molecular formula is C9H10N2O. The molecule has 0 aliphatic heterocycles. The van der Waals surface area contributed by atoms with Crippen molar-refractivity contribution in [3.8, 4) is 11.4 Å². The maximum atomic E-state index is 4.76. The third-order valence-electron chi connectivity index (χ3n) is 1.82. The van der Waals surface area contributed by atoms with E-state index in [-0.39, 0.29) is 0 Å². The lowest BCUT2D eigenvalue weighted by Gasteiger charge is -2.07. The average molecular weight is 162 g/mol. The van der Waals surface area contributed by atoms with Crippen LogP contribution in [0.15, 0.2) is 28.9 Å². The molecule has 0 unspecified atom stereocenters. The van der Waals surface area contributed by atoms with E-state index < -0.39 is 0 Å². The fourth-order valence-corrected chi connectivity index (χ4v) is 1.18. The summed E-state index contributed by atoms with van der Waals surface area (Å²) in [5.41, 5.74) is 2.33. The molecule has 0 bridgehead atoms. The topological polar surface area (TPSA) is 31.0 Å². The minimum Gasteiger partial charge on any atom is -0.264 e. The van der Waals surface area contributed by atoms with Crippen molar-refractivity contribution in [3.63, 3.8) is 0 Å². The summed E-state index contributed by atoms with van der Waals surface area (Å²) in [6.45, 7) is 2.06. The number of hydrogen-bond donors (Lipinski definition) is 0. The molecule has 2 aromatic rings. The smallest absolute Gasteiger partial charge is 0.214 e. The van der Waals surface area contributed by atoms with Crippen molar-refractivity contribution in [2.75, 3.05) is 0 Å². The van der Waals surface area contributed by atoms with Crippen LogP contribution in [0.25, 0.3) is 11.4 Å². The third-order valence-corrected chi connectivity index (χ3v) is 1.82. The van der Waals surface area contributed by atoms with Crippen LogP contribution in [0, 0.1) is 6.92 Å². The number of aryl methyl sites for hydroxylation is 2. The van der Waals surface area contributed by atoms with E-state index in [1.807, 2.05) is 19.2 Å². The minimum absolute atomic E-state index is 0.888. The Morgan fingerprint density at radius 2 is 2.25 bits per heavy atom. The lowest BCUT2D eigenvalue weighted by Crippen LogP contribution is -2.04. The zero-order chi connectivity index (χ0) is 8.55. The molecule has 2 rings (SSSR count). The monoisotopic (exact) mass is 162 g/mol. The second kappa shape index (κ2) is 2.52. The molecule has 3 nitrogen and oxygen atoms in total. The van der Waals surface area contributed by atoms with Gasteiger partial charge < -0.3 is 0 Å². The van der Waals surface area contributed by atoms with Crippen LogP contribution in [-0.4, -0.2) is 9.90 Å². The quantitative estimate of drug-likeness (QED) is 0.642. The van der Waals surface area contributed by atoms with Gasteiger partial charge in [-0.1, -0.05) is 23.8 Å². The molecule has 1 aromatic carbocycles.